The van der Waals surface area contributed by atoms with E-state index in [1.807, 2.05) is 37.3 Å². The van der Waals surface area contributed by atoms with Crippen LogP contribution in [0.3, 0.4) is 0 Å². The molecule has 2 aromatic rings. The molecule has 1 heterocycles. The lowest BCUT2D eigenvalue weighted by Gasteiger charge is -2.29. The second kappa shape index (κ2) is 5.68. The molecule has 120 valence electrons. The molecule has 3 rings (SSSR count). The molecule has 0 amide bonds. The van der Waals surface area contributed by atoms with E-state index in [0.29, 0.717) is 17.0 Å². The highest BCUT2D eigenvalue weighted by Crippen LogP contribution is 2.36. The zero-order valence-corrected chi connectivity index (χ0v) is 13.4. The predicted octanol–water partition coefficient (Wildman–Crippen LogP) is 2.96. The Morgan fingerprint density at radius 2 is 1.74 bits per heavy atom. The number of rotatable bonds is 3. The third kappa shape index (κ3) is 2.29. The lowest BCUT2D eigenvalue weighted by atomic mass is 10.0. The van der Waals surface area contributed by atoms with Crippen molar-refractivity contribution in [1.29, 1.82) is 0 Å². The van der Waals surface area contributed by atoms with Gasteiger partial charge < -0.3 is 15.2 Å². The minimum absolute atomic E-state index is 0.415. The molecule has 1 N–H and O–H groups in total. The molecule has 1 aliphatic heterocycles. The highest BCUT2D eigenvalue weighted by Gasteiger charge is 2.54. The third-order valence-corrected chi connectivity index (χ3v) is 4.53. The number of hydrogen-bond acceptors (Lipinski definition) is 4. The van der Waals surface area contributed by atoms with Gasteiger partial charge >= 0.3 is 0 Å². The largest absolute Gasteiger partial charge is 0.622 e. The van der Waals surface area contributed by atoms with Crippen molar-refractivity contribution in [2.45, 2.75) is 25.6 Å². The molecule has 0 spiro atoms. The van der Waals surface area contributed by atoms with Crippen molar-refractivity contribution in [1.82, 2.24) is 5.06 Å². The second-order valence-corrected chi connectivity index (χ2v) is 5.82. The van der Waals surface area contributed by atoms with E-state index in [2.05, 4.69) is 0 Å². The van der Waals surface area contributed by atoms with Crippen LogP contribution in [0.4, 0.5) is 0 Å². The summed E-state index contributed by atoms with van der Waals surface area (Å²) in [5.41, 5.74) is 0.878. The molecular weight excluding hydrogens is 292 g/mol. The fourth-order valence-corrected chi connectivity index (χ4v) is 3.11. The number of ether oxygens (including phenoxy) is 1. The number of methoxy groups -OCH3 is 1. The lowest BCUT2D eigenvalue weighted by molar-refractivity contribution is -0.595. The first-order chi connectivity index (χ1) is 11.0. The van der Waals surface area contributed by atoms with E-state index >= 15 is 0 Å². The van der Waals surface area contributed by atoms with Crippen molar-refractivity contribution >= 4 is 5.71 Å². The Morgan fingerprint density at radius 1 is 1.13 bits per heavy atom. The Kier molecular flexibility index (Phi) is 3.83. The van der Waals surface area contributed by atoms with Crippen LogP contribution in [0.15, 0.2) is 54.6 Å². The van der Waals surface area contributed by atoms with Crippen LogP contribution < -0.4 is 4.74 Å². The van der Waals surface area contributed by atoms with Gasteiger partial charge in [0.25, 0.3) is 5.66 Å². The van der Waals surface area contributed by atoms with Gasteiger partial charge in [-0.25, -0.2) is 0 Å². The fraction of sp³-hybridized carbons (Fsp3) is 0.278. The first-order valence-corrected chi connectivity index (χ1v) is 7.52. The predicted molar refractivity (Wildman–Crippen MR) is 87.6 cm³/mol. The van der Waals surface area contributed by atoms with Crippen LogP contribution in [0.25, 0.3) is 0 Å². The van der Waals surface area contributed by atoms with Gasteiger partial charge in [-0.15, -0.1) is 5.06 Å². The highest BCUT2D eigenvalue weighted by atomic mass is 16.6. The Labute approximate surface area is 135 Å². The molecule has 2 atom stereocenters. The van der Waals surface area contributed by atoms with Gasteiger partial charge in [0, 0.05) is 18.1 Å². The first kappa shape index (κ1) is 15.5. The third-order valence-electron chi connectivity index (χ3n) is 4.53. The van der Waals surface area contributed by atoms with Crippen molar-refractivity contribution in [2.75, 3.05) is 7.11 Å². The molecule has 0 radical (unpaired) electrons. The number of hydrogen-bond donors (Lipinski definition) is 1. The lowest BCUT2D eigenvalue weighted by Crippen LogP contribution is -2.45. The molecule has 0 saturated heterocycles. The van der Waals surface area contributed by atoms with E-state index in [1.165, 1.54) is 0 Å². The zero-order valence-electron chi connectivity index (χ0n) is 13.4. The standard InChI is InChI=1S/C18H20N2O3/c1-13-17(14-7-5-4-6-8-14)20(22)18(2,19(13)21)15-9-11-16(23-3)12-10-15/h4-13,21H,1-3H3/t13-,18+/m0/s1. The molecule has 0 aliphatic carbocycles. The summed E-state index contributed by atoms with van der Waals surface area (Å²) in [6.45, 7) is 3.54. The van der Waals surface area contributed by atoms with Gasteiger partial charge in [-0.3, -0.25) is 0 Å². The summed E-state index contributed by atoms with van der Waals surface area (Å²) in [6.07, 6.45) is 0. The molecule has 1 aliphatic rings. The minimum atomic E-state index is -1.18. The summed E-state index contributed by atoms with van der Waals surface area (Å²) >= 11 is 0. The fourth-order valence-electron chi connectivity index (χ4n) is 3.11. The minimum Gasteiger partial charge on any atom is -0.622 e. The average molecular weight is 312 g/mol. The van der Waals surface area contributed by atoms with Crippen LogP contribution in [0, 0.1) is 5.21 Å². The quantitative estimate of drug-likeness (QED) is 0.699. The highest BCUT2D eigenvalue weighted by molar-refractivity contribution is 6.01. The van der Waals surface area contributed by atoms with Crippen molar-refractivity contribution in [3.63, 3.8) is 0 Å². The van der Waals surface area contributed by atoms with Crippen LogP contribution in [0.2, 0.25) is 0 Å². The van der Waals surface area contributed by atoms with Gasteiger partial charge in [0.2, 0.25) is 5.71 Å². The van der Waals surface area contributed by atoms with Crippen molar-refractivity contribution in [3.05, 3.63) is 70.9 Å². The van der Waals surface area contributed by atoms with Gasteiger partial charge in [-0.2, -0.15) is 4.74 Å². The van der Waals surface area contributed by atoms with E-state index in [9.17, 15) is 10.4 Å². The van der Waals surface area contributed by atoms with Crippen LogP contribution in [-0.2, 0) is 5.66 Å². The van der Waals surface area contributed by atoms with E-state index in [1.54, 1.807) is 38.3 Å². The summed E-state index contributed by atoms with van der Waals surface area (Å²) in [7, 11) is 1.59. The maximum atomic E-state index is 13.1. The van der Waals surface area contributed by atoms with Gasteiger partial charge in [0.1, 0.15) is 11.8 Å². The van der Waals surface area contributed by atoms with E-state index in [0.717, 1.165) is 15.4 Å². The molecule has 0 aromatic heterocycles. The smallest absolute Gasteiger partial charge is 0.274 e. The van der Waals surface area contributed by atoms with Crippen molar-refractivity contribution < 1.29 is 14.7 Å². The van der Waals surface area contributed by atoms with Crippen LogP contribution in [0.5, 0.6) is 5.75 Å². The van der Waals surface area contributed by atoms with Crippen LogP contribution in [-0.4, -0.2) is 33.9 Å². The van der Waals surface area contributed by atoms with E-state index in [-0.39, 0.29) is 0 Å². The summed E-state index contributed by atoms with van der Waals surface area (Å²) in [5.74, 6) is 0.706. The molecule has 5 nitrogen and oxygen atoms in total. The Morgan fingerprint density at radius 3 is 2.30 bits per heavy atom. The molecule has 5 heteroatoms. The van der Waals surface area contributed by atoms with Gasteiger partial charge in [0.05, 0.1) is 7.11 Å². The summed E-state index contributed by atoms with van der Waals surface area (Å²) < 4.78 is 6.05. The zero-order chi connectivity index (χ0) is 16.6. The van der Waals surface area contributed by atoms with E-state index in [4.69, 9.17) is 4.74 Å². The summed E-state index contributed by atoms with van der Waals surface area (Å²) in [5, 5.41) is 24.8. The van der Waals surface area contributed by atoms with Crippen molar-refractivity contribution in [3.8, 4) is 5.75 Å². The molecular formula is C18H20N2O3. The van der Waals surface area contributed by atoms with Crippen LogP contribution >= 0.6 is 0 Å². The molecule has 2 aromatic carbocycles. The van der Waals surface area contributed by atoms with Gasteiger partial charge in [0.15, 0.2) is 0 Å². The first-order valence-electron chi connectivity index (χ1n) is 7.52. The normalized spacial score (nSPS) is 25.0. The van der Waals surface area contributed by atoms with E-state index < -0.39 is 11.7 Å². The summed E-state index contributed by atoms with van der Waals surface area (Å²) in [4.78, 5) is 0. The van der Waals surface area contributed by atoms with Crippen LogP contribution in [0.1, 0.15) is 25.0 Å². The Bertz CT molecular complexity index is 728. The molecule has 0 fully saturated rings. The molecule has 0 bridgehead atoms. The SMILES string of the molecule is COc1ccc([C@]2(C)N(O)[C@@H](C)C(c3ccccc3)=[N+]2[O-])cc1. The molecule has 0 unspecified atom stereocenters. The Balaban J connectivity index is 2.12. The molecule has 0 saturated carbocycles. The Hall–Kier alpha value is -2.37. The average Bonchev–Trinajstić information content (AvgIpc) is 2.77. The number of hydroxylamine groups is 3. The van der Waals surface area contributed by atoms with Crippen molar-refractivity contribution in [2.24, 2.45) is 0 Å². The maximum Gasteiger partial charge on any atom is 0.274 e. The second-order valence-electron chi connectivity index (χ2n) is 5.82. The maximum absolute atomic E-state index is 13.1. The number of benzene rings is 2. The number of nitrogens with zero attached hydrogens (tertiary/aromatic N) is 2. The molecule has 23 heavy (non-hydrogen) atoms. The topological polar surface area (TPSA) is 58.8 Å². The monoisotopic (exact) mass is 312 g/mol. The summed E-state index contributed by atoms with van der Waals surface area (Å²) in [6, 6.07) is 16.2. The van der Waals surface area contributed by atoms with Gasteiger partial charge in [-0.05, 0) is 43.3 Å². The van der Waals surface area contributed by atoms with Gasteiger partial charge in [-0.1, -0.05) is 18.2 Å².